The predicted molar refractivity (Wildman–Crippen MR) is 174 cm³/mol. The van der Waals surface area contributed by atoms with Crippen molar-refractivity contribution in [3.8, 4) is 0 Å². The molecule has 0 saturated heterocycles. The van der Waals surface area contributed by atoms with E-state index in [9.17, 15) is 14.0 Å². The van der Waals surface area contributed by atoms with Crippen molar-refractivity contribution in [3.05, 3.63) is 152 Å². The summed E-state index contributed by atoms with van der Waals surface area (Å²) in [5.74, 6) is -0.805. The Kier molecular flexibility index (Phi) is 7.46. The number of benzene rings is 3. The van der Waals surface area contributed by atoms with E-state index in [1.54, 1.807) is 26.0 Å². The van der Waals surface area contributed by atoms with Crippen molar-refractivity contribution in [1.29, 1.82) is 0 Å². The Morgan fingerprint density at radius 2 is 1.14 bits per heavy atom. The van der Waals surface area contributed by atoms with Crippen LogP contribution in [0.25, 0.3) is 10.8 Å². The summed E-state index contributed by atoms with van der Waals surface area (Å²) in [6, 6.07) is 25.3. The van der Waals surface area contributed by atoms with Crippen LogP contribution in [-0.2, 0) is 0 Å². The Hall–Kier alpha value is -4.97. The number of hydrogen-bond donors (Lipinski definition) is 3. The fraction of sp³-hybridized carbons (Fsp3) is 0.211. The van der Waals surface area contributed by atoms with Crippen LogP contribution >= 0.6 is 0 Å². The zero-order chi connectivity index (χ0) is 31.3. The highest BCUT2D eigenvalue weighted by atomic mass is 19.1. The second-order valence-electron chi connectivity index (χ2n) is 11.8. The number of H-pyrrole nitrogens is 3. The number of carbonyl (C=O) groups excluding carboxylic acids is 2. The van der Waals surface area contributed by atoms with Crippen LogP contribution in [-0.4, -0.2) is 26.5 Å². The molecular weight excluding hydrogens is 549 g/mol. The highest BCUT2D eigenvalue weighted by Gasteiger charge is 2.30. The number of aromatic amines is 3. The minimum Gasteiger partial charge on any atom is -0.361 e. The van der Waals surface area contributed by atoms with E-state index in [0.29, 0.717) is 5.56 Å². The topological polar surface area (TPSA) is 81.5 Å². The fourth-order valence-corrected chi connectivity index (χ4v) is 7.09. The molecule has 2 atom stereocenters. The molecule has 0 aliphatic carbocycles. The van der Waals surface area contributed by atoms with Crippen molar-refractivity contribution in [3.63, 3.8) is 0 Å². The molecule has 222 valence electrons. The van der Waals surface area contributed by atoms with Crippen molar-refractivity contribution >= 4 is 22.3 Å². The van der Waals surface area contributed by atoms with Crippen LogP contribution in [0.2, 0.25) is 0 Å². The van der Waals surface area contributed by atoms with Gasteiger partial charge in [-0.3, -0.25) is 9.59 Å². The highest BCUT2D eigenvalue weighted by molar-refractivity contribution is 5.98. The van der Waals surface area contributed by atoms with E-state index in [1.165, 1.54) is 12.1 Å². The first-order chi connectivity index (χ1) is 21.1. The third-order valence-electron chi connectivity index (χ3n) is 8.92. The fourth-order valence-electron chi connectivity index (χ4n) is 7.09. The van der Waals surface area contributed by atoms with Crippen molar-refractivity contribution in [2.45, 2.75) is 53.4 Å². The van der Waals surface area contributed by atoms with E-state index in [1.807, 2.05) is 39.8 Å². The molecule has 6 heteroatoms. The first kappa shape index (κ1) is 29.1. The minimum atomic E-state index is -0.307. The van der Waals surface area contributed by atoms with Gasteiger partial charge >= 0.3 is 0 Å². The van der Waals surface area contributed by atoms with Crippen molar-refractivity contribution < 1.29 is 14.0 Å². The summed E-state index contributed by atoms with van der Waals surface area (Å²) >= 11 is 0. The maximum atomic E-state index is 14.1. The number of Topliss-reactive ketones (excluding diaryl/α,β-unsaturated/α-hetero) is 2. The number of aryl methyl sites for hydroxylation is 2. The van der Waals surface area contributed by atoms with Crippen molar-refractivity contribution in [2.75, 3.05) is 0 Å². The third-order valence-corrected chi connectivity index (χ3v) is 8.92. The van der Waals surface area contributed by atoms with E-state index in [4.69, 9.17) is 0 Å². The minimum absolute atomic E-state index is 0.00224. The molecule has 6 aromatic rings. The Morgan fingerprint density at radius 3 is 1.70 bits per heavy atom. The molecule has 44 heavy (non-hydrogen) atoms. The zero-order valence-electron chi connectivity index (χ0n) is 25.9. The van der Waals surface area contributed by atoms with Gasteiger partial charge in [-0.15, -0.1) is 0 Å². The first-order valence-electron chi connectivity index (χ1n) is 14.9. The molecule has 6 rings (SSSR count). The van der Waals surface area contributed by atoms with E-state index in [0.717, 1.165) is 72.8 Å². The van der Waals surface area contributed by atoms with Crippen LogP contribution in [0.1, 0.15) is 103 Å². The molecule has 0 bridgehead atoms. The molecule has 3 N–H and O–H groups in total. The molecule has 2 unspecified atom stereocenters. The van der Waals surface area contributed by atoms with E-state index in [-0.39, 0.29) is 29.2 Å². The summed E-state index contributed by atoms with van der Waals surface area (Å²) in [5, 5.41) is 2.26. The van der Waals surface area contributed by atoms with Crippen molar-refractivity contribution in [2.24, 2.45) is 0 Å². The molecule has 5 nitrogen and oxygen atoms in total. The number of ketones is 2. The molecule has 0 saturated carbocycles. The number of carbonyl (C=O) groups is 2. The summed E-state index contributed by atoms with van der Waals surface area (Å²) in [6.07, 6.45) is 0. The van der Waals surface area contributed by atoms with Gasteiger partial charge in [0.15, 0.2) is 11.6 Å². The lowest BCUT2D eigenvalue weighted by atomic mass is 9.86. The maximum Gasteiger partial charge on any atom is 0.161 e. The highest BCUT2D eigenvalue weighted by Crippen LogP contribution is 2.41. The second-order valence-corrected chi connectivity index (χ2v) is 11.8. The van der Waals surface area contributed by atoms with E-state index >= 15 is 0 Å². The summed E-state index contributed by atoms with van der Waals surface area (Å²) in [4.78, 5) is 36.0. The summed E-state index contributed by atoms with van der Waals surface area (Å²) in [5.41, 5.74) is 10.6. The monoisotopic (exact) mass is 585 g/mol. The van der Waals surface area contributed by atoms with Crippen LogP contribution in [0.4, 0.5) is 4.39 Å². The van der Waals surface area contributed by atoms with Gasteiger partial charge in [-0.25, -0.2) is 4.39 Å². The normalized spacial score (nSPS) is 12.9. The van der Waals surface area contributed by atoms with Crippen molar-refractivity contribution in [1.82, 2.24) is 15.0 Å². The summed E-state index contributed by atoms with van der Waals surface area (Å²) in [7, 11) is 0. The van der Waals surface area contributed by atoms with E-state index in [2.05, 4.69) is 57.4 Å². The SMILES string of the molecule is CC(=O)c1c(C)[nH]c(C(c2ccc(F)cc2)c2ccc(C(c3[nH]c(C)c(C(C)=O)c3C)c3cccc4ccccc34)[nH]2)c1C. The Balaban J connectivity index is 1.58. The number of hydrogen-bond acceptors (Lipinski definition) is 2. The van der Waals surface area contributed by atoms with Gasteiger partial charge in [-0.05, 0) is 98.8 Å². The zero-order valence-corrected chi connectivity index (χ0v) is 25.9. The molecule has 0 spiro atoms. The molecule has 3 aromatic heterocycles. The molecule has 0 aliphatic rings. The number of halogens is 1. The Bertz CT molecular complexity index is 2040. The van der Waals surface area contributed by atoms with Gasteiger partial charge in [0.25, 0.3) is 0 Å². The van der Waals surface area contributed by atoms with Gasteiger partial charge in [0.1, 0.15) is 5.82 Å². The average molecular weight is 586 g/mol. The van der Waals surface area contributed by atoms with Gasteiger partial charge in [0, 0.05) is 45.3 Å². The third kappa shape index (κ3) is 4.90. The van der Waals surface area contributed by atoms with E-state index < -0.39 is 0 Å². The first-order valence-corrected chi connectivity index (χ1v) is 14.9. The average Bonchev–Trinajstić information content (AvgIpc) is 3.66. The quantitative estimate of drug-likeness (QED) is 0.156. The van der Waals surface area contributed by atoms with Gasteiger partial charge in [-0.1, -0.05) is 54.6 Å². The Labute approximate surface area is 256 Å². The maximum absolute atomic E-state index is 14.1. The van der Waals surface area contributed by atoms with Crippen LogP contribution in [0, 0.1) is 33.5 Å². The number of aromatic nitrogens is 3. The largest absolute Gasteiger partial charge is 0.361 e. The molecule has 0 radical (unpaired) electrons. The second kappa shape index (κ2) is 11.3. The summed E-state index contributed by atoms with van der Waals surface area (Å²) < 4.78 is 14.1. The predicted octanol–water partition coefficient (Wildman–Crippen LogP) is 8.96. The van der Waals surface area contributed by atoms with Gasteiger partial charge in [-0.2, -0.15) is 0 Å². The van der Waals surface area contributed by atoms with Crippen LogP contribution in [0.3, 0.4) is 0 Å². The number of nitrogens with one attached hydrogen (secondary N) is 3. The molecule has 3 heterocycles. The number of fused-ring (bicyclic) bond motifs is 1. The summed E-state index contributed by atoms with van der Waals surface area (Å²) in [6.45, 7) is 11.0. The lowest BCUT2D eigenvalue weighted by Crippen LogP contribution is -2.10. The smallest absolute Gasteiger partial charge is 0.161 e. The van der Waals surface area contributed by atoms with Crippen LogP contribution in [0.5, 0.6) is 0 Å². The van der Waals surface area contributed by atoms with Gasteiger partial charge in [0.2, 0.25) is 0 Å². The Morgan fingerprint density at radius 1 is 0.614 bits per heavy atom. The molecular formula is C38H36FN3O2. The molecule has 3 aromatic carbocycles. The molecule has 0 amide bonds. The van der Waals surface area contributed by atoms with Gasteiger partial charge in [0.05, 0.1) is 11.8 Å². The number of rotatable bonds is 8. The lowest BCUT2D eigenvalue weighted by Gasteiger charge is -2.21. The molecule has 0 aliphatic heterocycles. The standard InChI is InChI=1S/C38H36FN3O2/c1-20-33(24(5)43)22(3)40-37(20)35(27-14-16-28(39)17-15-27)31-18-19-32(42-31)36(38-21(2)34(25(6)44)23(4)41-38)30-13-9-11-26-10-7-8-12-29(26)30/h7-19,35-36,40-42H,1-6H3. The van der Waals surface area contributed by atoms with Crippen LogP contribution < -0.4 is 0 Å². The van der Waals surface area contributed by atoms with Gasteiger partial charge < -0.3 is 15.0 Å². The van der Waals surface area contributed by atoms with Crippen LogP contribution in [0.15, 0.2) is 78.9 Å². The molecule has 0 fully saturated rings. The lowest BCUT2D eigenvalue weighted by molar-refractivity contribution is 0.100.